The van der Waals surface area contributed by atoms with Gasteiger partial charge in [-0.3, -0.25) is 14.7 Å². The maximum atomic E-state index is 10.6. The number of anilines is 1. The lowest BCUT2D eigenvalue weighted by Gasteiger charge is -2.04. The van der Waals surface area contributed by atoms with Gasteiger partial charge in [0.05, 0.1) is 4.92 Å². The molecule has 7 heteroatoms. The highest BCUT2D eigenvalue weighted by Crippen LogP contribution is 2.21. The molecule has 0 amide bonds. The second-order valence-corrected chi connectivity index (χ2v) is 3.21. The number of nitrogens with zero attached hydrogens (tertiary/aromatic N) is 4. The summed E-state index contributed by atoms with van der Waals surface area (Å²) in [5.41, 5.74) is 5.60. The summed E-state index contributed by atoms with van der Waals surface area (Å²) in [6.07, 6.45) is 1.63. The van der Waals surface area contributed by atoms with Gasteiger partial charge in [0.25, 0.3) is 0 Å². The lowest BCUT2D eigenvalue weighted by atomic mass is 10.3. The van der Waals surface area contributed by atoms with Crippen molar-refractivity contribution in [2.24, 2.45) is 0 Å². The molecule has 2 aromatic rings. The van der Waals surface area contributed by atoms with Crippen molar-refractivity contribution in [2.75, 3.05) is 5.73 Å². The highest BCUT2D eigenvalue weighted by molar-refractivity contribution is 5.55. The van der Waals surface area contributed by atoms with Crippen LogP contribution < -0.4 is 5.73 Å². The normalized spacial score (nSPS) is 9.82. The average molecular weight is 229 g/mol. The van der Waals surface area contributed by atoms with Crippen molar-refractivity contribution < 1.29 is 4.92 Å². The fourth-order valence-corrected chi connectivity index (χ4v) is 1.42. The second kappa shape index (κ2) is 3.94. The summed E-state index contributed by atoms with van der Waals surface area (Å²) in [4.78, 5) is 13.9. The Morgan fingerprint density at radius 1 is 1.47 bits per heavy atom. The SMILES string of the molecule is N#Cc1cccn1-c1ccc([N+](=O)[O-])c(N)n1. The van der Waals surface area contributed by atoms with Crippen molar-refractivity contribution in [1.29, 1.82) is 5.26 Å². The number of nitrogens with two attached hydrogens (primary N) is 1. The third kappa shape index (κ3) is 1.79. The third-order valence-corrected chi connectivity index (χ3v) is 2.19. The van der Waals surface area contributed by atoms with Gasteiger partial charge < -0.3 is 5.73 Å². The lowest BCUT2D eigenvalue weighted by Crippen LogP contribution is -2.04. The molecule has 2 heterocycles. The van der Waals surface area contributed by atoms with E-state index in [9.17, 15) is 10.1 Å². The fourth-order valence-electron chi connectivity index (χ4n) is 1.42. The first kappa shape index (κ1) is 10.6. The van der Waals surface area contributed by atoms with Gasteiger partial charge in [-0.05, 0) is 18.2 Å². The van der Waals surface area contributed by atoms with Gasteiger partial charge >= 0.3 is 5.69 Å². The van der Waals surface area contributed by atoms with E-state index < -0.39 is 4.92 Å². The van der Waals surface area contributed by atoms with Crippen LogP contribution in [0.25, 0.3) is 5.82 Å². The summed E-state index contributed by atoms with van der Waals surface area (Å²) < 4.78 is 1.50. The van der Waals surface area contributed by atoms with Crippen molar-refractivity contribution in [1.82, 2.24) is 9.55 Å². The number of rotatable bonds is 2. The van der Waals surface area contributed by atoms with E-state index in [4.69, 9.17) is 11.0 Å². The smallest absolute Gasteiger partial charge is 0.311 e. The van der Waals surface area contributed by atoms with Crippen LogP contribution in [0.4, 0.5) is 11.5 Å². The number of nitrogen functional groups attached to an aromatic ring is 1. The zero-order valence-electron chi connectivity index (χ0n) is 8.57. The first-order chi connectivity index (χ1) is 8.13. The number of hydrogen-bond acceptors (Lipinski definition) is 5. The zero-order chi connectivity index (χ0) is 12.4. The number of nitriles is 1. The molecule has 2 rings (SSSR count). The molecule has 17 heavy (non-hydrogen) atoms. The van der Waals surface area contributed by atoms with Crippen LogP contribution in [-0.4, -0.2) is 14.5 Å². The molecule has 0 spiro atoms. The molecular weight excluding hydrogens is 222 g/mol. The van der Waals surface area contributed by atoms with Crippen molar-refractivity contribution in [2.45, 2.75) is 0 Å². The Morgan fingerprint density at radius 3 is 2.82 bits per heavy atom. The van der Waals surface area contributed by atoms with E-state index >= 15 is 0 Å². The van der Waals surface area contributed by atoms with E-state index in [1.165, 1.54) is 16.7 Å². The minimum absolute atomic E-state index is 0.176. The second-order valence-electron chi connectivity index (χ2n) is 3.21. The highest BCUT2D eigenvalue weighted by Gasteiger charge is 2.14. The van der Waals surface area contributed by atoms with Crippen LogP contribution in [0.1, 0.15) is 5.69 Å². The van der Waals surface area contributed by atoms with Crippen molar-refractivity contribution in [3.8, 4) is 11.9 Å². The zero-order valence-corrected chi connectivity index (χ0v) is 8.57. The van der Waals surface area contributed by atoms with E-state index in [0.29, 0.717) is 11.5 Å². The molecule has 0 atom stereocenters. The number of aromatic nitrogens is 2. The Labute approximate surface area is 95.9 Å². The van der Waals surface area contributed by atoms with E-state index in [-0.39, 0.29) is 11.5 Å². The number of hydrogen-bond donors (Lipinski definition) is 1. The number of pyridine rings is 1. The molecule has 0 aliphatic carbocycles. The lowest BCUT2D eigenvalue weighted by molar-refractivity contribution is -0.384. The molecule has 7 nitrogen and oxygen atoms in total. The van der Waals surface area contributed by atoms with Crippen LogP contribution in [0.15, 0.2) is 30.5 Å². The van der Waals surface area contributed by atoms with Crippen molar-refractivity contribution in [3.05, 3.63) is 46.3 Å². The van der Waals surface area contributed by atoms with Crippen LogP contribution in [-0.2, 0) is 0 Å². The summed E-state index contributed by atoms with van der Waals surface area (Å²) in [6, 6.07) is 7.97. The van der Waals surface area contributed by atoms with Gasteiger partial charge in [-0.2, -0.15) is 5.26 Å². The molecule has 0 saturated heterocycles. The topological polar surface area (TPSA) is 111 Å². The van der Waals surface area contributed by atoms with Gasteiger partial charge in [0.2, 0.25) is 5.82 Å². The standard InChI is InChI=1S/C10H7N5O2/c11-6-7-2-1-5-14(7)9-4-3-8(15(16)17)10(12)13-9/h1-5H,(H2,12,13). The van der Waals surface area contributed by atoms with E-state index in [2.05, 4.69) is 4.98 Å². The van der Waals surface area contributed by atoms with Gasteiger partial charge in [-0.15, -0.1) is 0 Å². The fraction of sp³-hybridized carbons (Fsp3) is 0. The van der Waals surface area contributed by atoms with Gasteiger partial charge in [0.1, 0.15) is 17.6 Å². The molecule has 2 N–H and O–H groups in total. The molecule has 2 aromatic heterocycles. The summed E-state index contributed by atoms with van der Waals surface area (Å²) in [5, 5.41) is 19.4. The van der Waals surface area contributed by atoms with Gasteiger partial charge in [0.15, 0.2) is 0 Å². The minimum atomic E-state index is -0.604. The monoisotopic (exact) mass is 229 g/mol. The Morgan fingerprint density at radius 2 is 2.24 bits per heavy atom. The summed E-state index contributed by atoms with van der Waals surface area (Å²) in [7, 11) is 0. The van der Waals surface area contributed by atoms with Crippen LogP contribution in [0.5, 0.6) is 0 Å². The quantitative estimate of drug-likeness (QED) is 0.615. The predicted molar refractivity (Wildman–Crippen MR) is 59.3 cm³/mol. The largest absolute Gasteiger partial charge is 0.378 e. The molecule has 0 aromatic carbocycles. The molecule has 0 saturated carbocycles. The van der Waals surface area contributed by atoms with Gasteiger partial charge in [-0.1, -0.05) is 0 Å². The van der Waals surface area contributed by atoms with Crippen LogP contribution in [0.3, 0.4) is 0 Å². The Hall–Kier alpha value is -2.88. The Bertz CT molecular complexity index is 626. The number of nitro groups is 1. The predicted octanol–water partition coefficient (Wildman–Crippen LogP) is 1.23. The molecule has 0 bridgehead atoms. The van der Waals surface area contributed by atoms with Crippen LogP contribution in [0.2, 0.25) is 0 Å². The van der Waals surface area contributed by atoms with Gasteiger partial charge in [0, 0.05) is 12.3 Å². The maximum absolute atomic E-state index is 10.6. The molecule has 0 aliphatic rings. The van der Waals surface area contributed by atoms with Crippen LogP contribution in [0, 0.1) is 21.4 Å². The summed E-state index contributed by atoms with van der Waals surface area (Å²) in [6.45, 7) is 0. The summed E-state index contributed by atoms with van der Waals surface area (Å²) in [5.74, 6) is 0.194. The maximum Gasteiger partial charge on any atom is 0.311 e. The molecule has 0 unspecified atom stereocenters. The first-order valence-corrected chi connectivity index (χ1v) is 4.62. The van der Waals surface area contributed by atoms with E-state index in [1.54, 1.807) is 18.3 Å². The minimum Gasteiger partial charge on any atom is -0.378 e. The van der Waals surface area contributed by atoms with Crippen molar-refractivity contribution >= 4 is 11.5 Å². The molecular formula is C10H7N5O2. The molecule has 0 radical (unpaired) electrons. The Kier molecular flexibility index (Phi) is 2.46. The summed E-state index contributed by atoms with van der Waals surface area (Å²) >= 11 is 0. The first-order valence-electron chi connectivity index (χ1n) is 4.62. The van der Waals surface area contributed by atoms with Gasteiger partial charge in [-0.25, -0.2) is 4.98 Å². The average Bonchev–Trinajstić information content (AvgIpc) is 2.76. The van der Waals surface area contributed by atoms with E-state index in [0.717, 1.165) is 0 Å². The molecule has 84 valence electrons. The van der Waals surface area contributed by atoms with E-state index in [1.807, 2.05) is 6.07 Å². The highest BCUT2D eigenvalue weighted by atomic mass is 16.6. The van der Waals surface area contributed by atoms with Crippen LogP contribution >= 0.6 is 0 Å². The molecule has 0 aliphatic heterocycles. The molecule has 0 fully saturated rings. The Balaban J connectivity index is 2.53. The third-order valence-electron chi connectivity index (χ3n) is 2.19. The van der Waals surface area contributed by atoms with Crippen molar-refractivity contribution in [3.63, 3.8) is 0 Å².